The van der Waals surface area contributed by atoms with Gasteiger partial charge >= 0.3 is 0 Å². The highest BCUT2D eigenvalue weighted by molar-refractivity contribution is 7.25. The highest BCUT2D eigenvalue weighted by atomic mass is 32.1. The Balaban J connectivity index is 2.06. The lowest BCUT2D eigenvalue weighted by molar-refractivity contribution is 1.55. The number of hydrogen-bond donors (Lipinski definition) is 0. The van der Waals surface area contributed by atoms with Gasteiger partial charge < -0.3 is 0 Å². The molecule has 0 spiro atoms. The Morgan fingerprint density at radius 3 is 2.33 bits per heavy atom. The predicted octanol–water partition coefficient (Wildman–Crippen LogP) is 5.76. The van der Waals surface area contributed by atoms with E-state index in [2.05, 4.69) is 66.7 Å². The summed E-state index contributed by atoms with van der Waals surface area (Å²) in [5.74, 6) is 0. The zero-order valence-corrected chi connectivity index (χ0v) is 12.0. The number of aromatic nitrogens is 1. The Kier molecular flexibility index (Phi) is 2.15. The van der Waals surface area contributed by atoms with Crippen LogP contribution in [-0.2, 0) is 0 Å². The standard InChI is InChI=1S/C19H11NS/c1-2-6-14-12(5-1)9-10-13-11-17-19(20-18(13)14)15-7-3-4-8-16(15)21-17/h1-11H. The van der Waals surface area contributed by atoms with Crippen molar-refractivity contribution in [3.63, 3.8) is 0 Å². The van der Waals surface area contributed by atoms with E-state index in [0.29, 0.717) is 0 Å². The first-order valence-corrected chi connectivity index (χ1v) is 7.81. The number of thiophene rings is 1. The van der Waals surface area contributed by atoms with E-state index in [1.54, 1.807) is 0 Å². The second-order valence-electron chi connectivity index (χ2n) is 5.29. The molecule has 2 aromatic heterocycles. The van der Waals surface area contributed by atoms with Crippen molar-refractivity contribution in [1.82, 2.24) is 4.98 Å². The molecule has 0 saturated carbocycles. The molecular formula is C19H11NS. The number of nitrogens with zero attached hydrogens (tertiary/aromatic N) is 1. The summed E-state index contributed by atoms with van der Waals surface area (Å²) in [6.45, 7) is 0. The second kappa shape index (κ2) is 4.03. The molecular weight excluding hydrogens is 274 g/mol. The van der Waals surface area contributed by atoms with Gasteiger partial charge in [0.15, 0.2) is 0 Å². The Hall–Kier alpha value is -2.45. The summed E-state index contributed by atoms with van der Waals surface area (Å²) in [4.78, 5) is 5.00. The minimum Gasteiger partial charge on any atom is -0.246 e. The number of benzene rings is 3. The molecule has 98 valence electrons. The van der Waals surface area contributed by atoms with Gasteiger partial charge in [0.2, 0.25) is 0 Å². The lowest BCUT2D eigenvalue weighted by Gasteiger charge is -2.03. The van der Waals surface area contributed by atoms with Gasteiger partial charge in [0.25, 0.3) is 0 Å². The maximum Gasteiger partial charge on any atom is 0.0896 e. The summed E-state index contributed by atoms with van der Waals surface area (Å²) in [5.41, 5.74) is 2.23. The molecule has 0 amide bonds. The zero-order chi connectivity index (χ0) is 13.8. The molecule has 2 heterocycles. The highest BCUT2D eigenvalue weighted by Gasteiger charge is 2.09. The summed E-state index contributed by atoms with van der Waals surface area (Å²) in [6.07, 6.45) is 0. The molecule has 2 heteroatoms. The second-order valence-corrected chi connectivity index (χ2v) is 6.38. The molecule has 1 nitrogen and oxygen atoms in total. The summed E-state index contributed by atoms with van der Waals surface area (Å²) in [6, 6.07) is 23.6. The van der Waals surface area contributed by atoms with Crippen LogP contribution in [0.2, 0.25) is 0 Å². The molecule has 3 aromatic carbocycles. The largest absolute Gasteiger partial charge is 0.246 e. The van der Waals surface area contributed by atoms with Gasteiger partial charge in [-0.15, -0.1) is 11.3 Å². The van der Waals surface area contributed by atoms with Gasteiger partial charge in [-0.05, 0) is 17.5 Å². The highest BCUT2D eigenvalue weighted by Crippen LogP contribution is 2.35. The molecule has 0 aliphatic carbocycles. The van der Waals surface area contributed by atoms with Crippen molar-refractivity contribution in [3.8, 4) is 0 Å². The van der Waals surface area contributed by atoms with Gasteiger partial charge in [-0.25, -0.2) is 4.98 Å². The number of hydrogen-bond acceptors (Lipinski definition) is 2. The molecule has 0 fully saturated rings. The number of fused-ring (bicyclic) bond motifs is 6. The molecule has 0 N–H and O–H groups in total. The Morgan fingerprint density at radius 2 is 1.38 bits per heavy atom. The first-order valence-electron chi connectivity index (χ1n) is 7.00. The molecule has 0 bridgehead atoms. The SMILES string of the molecule is c1ccc2c(c1)ccc1cc3sc4ccccc4c3nc12. The van der Waals surface area contributed by atoms with Gasteiger partial charge in [0.1, 0.15) is 0 Å². The van der Waals surface area contributed by atoms with Crippen LogP contribution >= 0.6 is 11.3 Å². The molecule has 21 heavy (non-hydrogen) atoms. The van der Waals surface area contributed by atoms with E-state index in [-0.39, 0.29) is 0 Å². The van der Waals surface area contributed by atoms with Gasteiger partial charge in [0, 0.05) is 20.9 Å². The van der Waals surface area contributed by atoms with E-state index in [9.17, 15) is 0 Å². The normalized spacial score (nSPS) is 11.8. The fourth-order valence-corrected chi connectivity index (χ4v) is 4.13. The Morgan fingerprint density at radius 1 is 0.619 bits per heavy atom. The van der Waals surface area contributed by atoms with E-state index in [4.69, 9.17) is 4.98 Å². The van der Waals surface area contributed by atoms with Crippen molar-refractivity contribution >= 4 is 53.3 Å². The maximum absolute atomic E-state index is 5.00. The van der Waals surface area contributed by atoms with Crippen LogP contribution < -0.4 is 0 Å². The van der Waals surface area contributed by atoms with Crippen molar-refractivity contribution < 1.29 is 0 Å². The van der Waals surface area contributed by atoms with Crippen LogP contribution in [0.1, 0.15) is 0 Å². The third kappa shape index (κ3) is 1.54. The summed E-state index contributed by atoms with van der Waals surface area (Å²) >= 11 is 1.82. The fraction of sp³-hybridized carbons (Fsp3) is 0. The molecule has 0 aliphatic rings. The molecule has 0 atom stereocenters. The van der Waals surface area contributed by atoms with Crippen molar-refractivity contribution in [3.05, 3.63) is 66.7 Å². The van der Waals surface area contributed by atoms with Crippen molar-refractivity contribution in [2.24, 2.45) is 0 Å². The van der Waals surface area contributed by atoms with Gasteiger partial charge in [-0.2, -0.15) is 0 Å². The maximum atomic E-state index is 5.00. The van der Waals surface area contributed by atoms with Crippen LogP contribution in [0.4, 0.5) is 0 Å². The fourth-order valence-electron chi connectivity index (χ4n) is 3.03. The van der Waals surface area contributed by atoms with Crippen molar-refractivity contribution in [2.45, 2.75) is 0 Å². The zero-order valence-electron chi connectivity index (χ0n) is 11.2. The molecule has 0 radical (unpaired) electrons. The first kappa shape index (κ1) is 11.2. The molecule has 5 aromatic rings. The molecule has 0 unspecified atom stereocenters. The van der Waals surface area contributed by atoms with E-state index < -0.39 is 0 Å². The third-order valence-electron chi connectivity index (χ3n) is 4.04. The molecule has 0 aliphatic heterocycles. The Bertz CT molecular complexity index is 1130. The van der Waals surface area contributed by atoms with Crippen LogP contribution in [0.25, 0.3) is 42.0 Å². The van der Waals surface area contributed by atoms with Crippen molar-refractivity contribution in [1.29, 1.82) is 0 Å². The van der Waals surface area contributed by atoms with Gasteiger partial charge in [-0.1, -0.05) is 54.6 Å². The van der Waals surface area contributed by atoms with E-state index in [1.165, 1.54) is 30.9 Å². The summed E-state index contributed by atoms with van der Waals surface area (Å²) in [5, 5.41) is 4.95. The van der Waals surface area contributed by atoms with Crippen LogP contribution in [0, 0.1) is 0 Å². The lowest BCUT2D eigenvalue weighted by Crippen LogP contribution is -1.82. The first-order chi connectivity index (χ1) is 10.4. The average Bonchev–Trinajstić information content (AvgIpc) is 2.90. The monoisotopic (exact) mass is 285 g/mol. The van der Waals surface area contributed by atoms with Crippen LogP contribution in [0.15, 0.2) is 66.7 Å². The predicted molar refractivity (Wildman–Crippen MR) is 92.1 cm³/mol. The van der Waals surface area contributed by atoms with E-state index in [0.717, 1.165) is 11.0 Å². The quantitative estimate of drug-likeness (QED) is 0.330. The summed E-state index contributed by atoms with van der Waals surface area (Å²) < 4.78 is 2.57. The van der Waals surface area contributed by atoms with Gasteiger partial charge in [0.05, 0.1) is 15.7 Å². The minimum atomic E-state index is 1.10. The summed E-state index contributed by atoms with van der Waals surface area (Å²) in [7, 11) is 0. The average molecular weight is 285 g/mol. The minimum absolute atomic E-state index is 1.10. The molecule has 0 saturated heterocycles. The number of pyridine rings is 1. The van der Waals surface area contributed by atoms with Crippen LogP contribution in [-0.4, -0.2) is 4.98 Å². The topological polar surface area (TPSA) is 12.9 Å². The van der Waals surface area contributed by atoms with E-state index in [1.807, 2.05) is 11.3 Å². The van der Waals surface area contributed by atoms with Gasteiger partial charge in [-0.3, -0.25) is 0 Å². The molecule has 5 rings (SSSR count). The van der Waals surface area contributed by atoms with Crippen LogP contribution in [0.5, 0.6) is 0 Å². The van der Waals surface area contributed by atoms with Crippen molar-refractivity contribution in [2.75, 3.05) is 0 Å². The Labute approximate surface area is 125 Å². The lowest BCUT2D eigenvalue weighted by atomic mass is 10.1. The number of rotatable bonds is 0. The third-order valence-corrected chi connectivity index (χ3v) is 5.14. The smallest absolute Gasteiger partial charge is 0.0896 e. The van der Waals surface area contributed by atoms with Crippen LogP contribution in [0.3, 0.4) is 0 Å². The van der Waals surface area contributed by atoms with E-state index >= 15 is 0 Å².